The van der Waals surface area contributed by atoms with Crippen molar-refractivity contribution in [2.75, 3.05) is 11.4 Å². The highest BCUT2D eigenvalue weighted by Gasteiger charge is 2.60. The summed E-state index contributed by atoms with van der Waals surface area (Å²) in [6.07, 6.45) is 0.966. The van der Waals surface area contributed by atoms with Crippen molar-refractivity contribution in [3.05, 3.63) is 100 Å². The Morgan fingerprint density at radius 3 is 2.44 bits per heavy atom. The van der Waals surface area contributed by atoms with Crippen LogP contribution in [0.25, 0.3) is 10.9 Å². The van der Waals surface area contributed by atoms with Gasteiger partial charge in [0.05, 0.1) is 16.4 Å². The molecule has 3 amide bonds. The molecule has 5 nitrogen and oxygen atoms in total. The first kappa shape index (κ1) is 21.0. The fourth-order valence-electron chi connectivity index (χ4n) is 5.52. The maximum absolute atomic E-state index is 14.0. The standard InChI is InChI=1S/C28H24ClN3O2/c1-3-17-12-14-18(15-13-17)20-16-31-27(34)32(23-11-7-5-9-21(23)29)26(33)28(31,2)25-24(20)19-8-4-6-10-22(19)30-25/h4-15,20,30H,3,16H2,1-2H3. The molecule has 0 saturated carbocycles. The van der Waals surface area contributed by atoms with Crippen LogP contribution in [0.1, 0.15) is 42.1 Å². The van der Waals surface area contributed by atoms with Crippen molar-refractivity contribution in [2.24, 2.45) is 0 Å². The molecule has 1 N–H and O–H groups in total. The predicted molar refractivity (Wildman–Crippen MR) is 134 cm³/mol. The number of halogens is 1. The molecule has 1 fully saturated rings. The van der Waals surface area contributed by atoms with Gasteiger partial charge in [0.1, 0.15) is 0 Å². The number of anilines is 1. The average molecular weight is 470 g/mol. The number of fused-ring (bicyclic) bond motifs is 5. The third-order valence-electron chi connectivity index (χ3n) is 7.41. The Morgan fingerprint density at radius 2 is 1.71 bits per heavy atom. The molecule has 34 heavy (non-hydrogen) atoms. The number of imide groups is 1. The van der Waals surface area contributed by atoms with Gasteiger partial charge in [-0.15, -0.1) is 0 Å². The minimum absolute atomic E-state index is 0.0620. The zero-order valence-corrected chi connectivity index (χ0v) is 19.8. The van der Waals surface area contributed by atoms with Gasteiger partial charge in [-0.1, -0.05) is 73.1 Å². The molecule has 4 aromatic rings. The molecule has 6 heteroatoms. The van der Waals surface area contributed by atoms with Gasteiger partial charge >= 0.3 is 6.03 Å². The Kier molecular flexibility index (Phi) is 4.61. The number of aromatic nitrogens is 1. The number of urea groups is 1. The highest BCUT2D eigenvalue weighted by Crippen LogP contribution is 2.50. The Hall–Kier alpha value is -3.57. The van der Waals surface area contributed by atoms with Crippen LogP contribution in [-0.4, -0.2) is 28.4 Å². The highest BCUT2D eigenvalue weighted by atomic mass is 35.5. The van der Waals surface area contributed by atoms with E-state index in [0.29, 0.717) is 17.3 Å². The molecule has 0 bridgehead atoms. The summed E-state index contributed by atoms with van der Waals surface area (Å²) in [5.41, 5.74) is 4.48. The van der Waals surface area contributed by atoms with E-state index in [1.807, 2.05) is 25.1 Å². The molecular weight excluding hydrogens is 446 g/mol. The van der Waals surface area contributed by atoms with Gasteiger partial charge in [-0.25, -0.2) is 9.69 Å². The van der Waals surface area contributed by atoms with E-state index < -0.39 is 5.54 Å². The van der Waals surface area contributed by atoms with E-state index in [1.165, 1.54) is 10.5 Å². The first-order valence-electron chi connectivity index (χ1n) is 11.6. The summed E-state index contributed by atoms with van der Waals surface area (Å²) in [7, 11) is 0. The van der Waals surface area contributed by atoms with Gasteiger partial charge in [0.15, 0.2) is 5.54 Å². The van der Waals surface area contributed by atoms with Crippen LogP contribution in [0.2, 0.25) is 5.02 Å². The molecule has 1 aromatic heterocycles. The molecule has 2 aliphatic rings. The number of amides is 3. The van der Waals surface area contributed by atoms with Crippen molar-refractivity contribution >= 4 is 40.1 Å². The van der Waals surface area contributed by atoms with Gasteiger partial charge in [-0.3, -0.25) is 4.79 Å². The number of rotatable bonds is 3. The number of carbonyl (C=O) groups is 2. The van der Waals surface area contributed by atoms with Gasteiger partial charge in [0, 0.05) is 23.4 Å². The number of hydrogen-bond acceptors (Lipinski definition) is 2. The minimum atomic E-state index is -1.15. The van der Waals surface area contributed by atoms with Crippen LogP contribution in [0.15, 0.2) is 72.8 Å². The molecule has 1 saturated heterocycles. The van der Waals surface area contributed by atoms with Crippen molar-refractivity contribution in [1.82, 2.24) is 9.88 Å². The highest BCUT2D eigenvalue weighted by molar-refractivity contribution is 6.36. The first-order valence-corrected chi connectivity index (χ1v) is 11.9. The molecule has 2 atom stereocenters. The van der Waals surface area contributed by atoms with Gasteiger partial charge in [0.25, 0.3) is 5.91 Å². The Morgan fingerprint density at radius 1 is 1.00 bits per heavy atom. The van der Waals surface area contributed by atoms with E-state index in [0.717, 1.165) is 34.1 Å². The lowest BCUT2D eigenvalue weighted by Gasteiger charge is -2.40. The third-order valence-corrected chi connectivity index (χ3v) is 7.73. The third kappa shape index (κ3) is 2.74. The second kappa shape index (κ2) is 7.47. The lowest BCUT2D eigenvalue weighted by molar-refractivity contribution is -0.125. The summed E-state index contributed by atoms with van der Waals surface area (Å²) >= 11 is 6.42. The monoisotopic (exact) mass is 469 g/mol. The number of aromatic amines is 1. The van der Waals surface area contributed by atoms with Crippen LogP contribution in [0.4, 0.5) is 10.5 Å². The summed E-state index contributed by atoms with van der Waals surface area (Å²) in [6.45, 7) is 4.38. The van der Waals surface area contributed by atoms with E-state index >= 15 is 0 Å². The normalized spacial score (nSPS) is 21.8. The number of nitrogens with zero attached hydrogens (tertiary/aromatic N) is 2. The average Bonchev–Trinajstić information content (AvgIpc) is 3.34. The van der Waals surface area contributed by atoms with Gasteiger partial charge < -0.3 is 9.88 Å². The number of carbonyl (C=O) groups excluding carboxylic acids is 2. The number of para-hydroxylation sites is 2. The summed E-state index contributed by atoms with van der Waals surface area (Å²) < 4.78 is 0. The molecule has 3 aromatic carbocycles. The van der Waals surface area contributed by atoms with E-state index in [9.17, 15) is 9.59 Å². The van der Waals surface area contributed by atoms with Crippen LogP contribution in [0.5, 0.6) is 0 Å². The van der Waals surface area contributed by atoms with E-state index in [2.05, 4.69) is 42.2 Å². The molecule has 170 valence electrons. The quantitative estimate of drug-likeness (QED) is 0.362. The summed E-state index contributed by atoms with van der Waals surface area (Å²) in [5, 5.41) is 1.45. The van der Waals surface area contributed by atoms with Crippen LogP contribution in [-0.2, 0) is 16.8 Å². The van der Waals surface area contributed by atoms with Crippen LogP contribution < -0.4 is 4.90 Å². The van der Waals surface area contributed by atoms with Crippen molar-refractivity contribution in [3.63, 3.8) is 0 Å². The predicted octanol–water partition coefficient (Wildman–Crippen LogP) is 6.21. The maximum Gasteiger partial charge on any atom is 0.332 e. The van der Waals surface area contributed by atoms with Crippen molar-refractivity contribution in [2.45, 2.75) is 31.7 Å². The van der Waals surface area contributed by atoms with Crippen LogP contribution >= 0.6 is 11.6 Å². The number of hydrogen-bond donors (Lipinski definition) is 1. The Balaban J connectivity index is 1.58. The van der Waals surface area contributed by atoms with Crippen LogP contribution in [0.3, 0.4) is 0 Å². The van der Waals surface area contributed by atoms with Gasteiger partial charge in [-0.2, -0.15) is 0 Å². The van der Waals surface area contributed by atoms with E-state index in [4.69, 9.17) is 11.6 Å². The summed E-state index contributed by atoms with van der Waals surface area (Å²) in [5.74, 6) is -0.355. The maximum atomic E-state index is 14.0. The molecule has 2 aliphatic heterocycles. The Bertz CT molecular complexity index is 1460. The summed E-state index contributed by atoms with van der Waals surface area (Å²) in [6, 6.07) is 23.3. The zero-order chi connectivity index (χ0) is 23.6. The molecule has 0 radical (unpaired) electrons. The lowest BCUT2D eigenvalue weighted by atomic mass is 9.78. The topological polar surface area (TPSA) is 56.4 Å². The largest absolute Gasteiger partial charge is 0.356 e. The number of aryl methyl sites for hydroxylation is 1. The molecular formula is C28H24ClN3O2. The molecule has 3 heterocycles. The SMILES string of the molecule is CCc1ccc(C2CN3C(=O)N(c4ccccc4Cl)C(=O)C3(C)c3[nH]c4ccccc4c32)cc1. The fraction of sp³-hybridized carbons (Fsp3) is 0.214. The zero-order valence-electron chi connectivity index (χ0n) is 19.0. The first-order chi connectivity index (χ1) is 16.4. The van der Waals surface area contributed by atoms with Gasteiger partial charge in [-0.05, 0) is 48.2 Å². The van der Waals surface area contributed by atoms with E-state index in [1.54, 1.807) is 29.2 Å². The Labute approximate surface area is 202 Å². The van der Waals surface area contributed by atoms with Crippen molar-refractivity contribution < 1.29 is 9.59 Å². The smallest absolute Gasteiger partial charge is 0.332 e. The van der Waals surface area contributed by atoms with Crippen molar-refractivity contribution in [1.29, 1.82) is 0 Å². The molecule has 0 spiro atoms. The second-order valence-corrected chi connectivity index (χ2v) is 9.57. The molecule has 0 aliphatic carbocycles. The summed E-state index contributed by atoms with van der Waals surface area (Å²) in [4.78, 5) is 34.2. The number of H-pyrrole nitrogens is 1. The fourth-order valence-corrected chi connectivity index (χ4v) is 5.74. The van der Waals surface area contributed by atoms with E-state index in [-0.39, 0.29) is 17.9 Å². The lowest BCUT2D eigenvalue weighted by Crippen LogP contribution is -2.50. The second-order valence-electron chi connectivity index (χ2n) is 9.16. The minimum Gasteiger partial charge on any atom is -0.356 e. The molecule has 2 unspecified atom stereocenters. The van der Waals surface area contributed by atoms with Crippen LogP contribution in [0, 0.1) is 0 Å². The number of nitrogens with one attached hydrogen (secondary N) is 1. The van der Waals surface area contributed by atoms with Gasteiger partial charge in [0.2, 0.25) is 0 Å². The van der Waals surface area contributed by atoms with Crippen molar-refractivity contribution in [3.8, 4) is 0 Å². The molecule has 6 rings (SSSR count). The number of benzene rings is 3.